The molecule has 18 heavy (non-hydrogen) atoms. The summed E-state index contributed by atoms with van der Waals surface area (Å²) in [6.45, 7) is 7.92. The van der Waals surface area contributed by atoms with E-state index in [-0.39, 0.29) is 5.78 Å². The lowest BCUT2D eigenvalue weighted by Crippen LogP contribution is -2.03. The van der Waals surface area contributed by atoms with Crippen molar-refractivity contribution in [3.63, 3.8) is 0 Å². The second-order valence-electron chi connectivity index (χ2n) is 4.54. The van der Waals surface area contributed by atoms with Gasteiger partial charge in [-0.1, -0.05) is 17.7 Å². The number of aryl methyl sites for hydroxylation is 1. The summed E-state index contributed by atoms with van der Waals surface area (Å²) in [5.41, 5.74) is 1.76. The van der Waals surface area contributed by atoms with Crippen molar-refractivity contribution in [1.29, 1.82) is 0 Å². The Morgan fingerprint density at radius 2 is 2.11 bits per heavy atom. The Morgan fingerprint density at radius 3 is 2.78 bits per heavy atom. The van der Waals surface area contributed by atoms with Gasteiger partial charge in [-0.15, -0.1) is 6.58 Å². The van der Waals surface area contributed by atoms with Gasteiger partial charge in [0.2, 0.25) is 0 Å². The minimum absolute atomic E-state index is 0.0559. The molecule has 1 aromatic rings. The number of ketones is 1. The summed E-state index contributed by atoms with van der Waals surface area (Å²) in [4.78, 5) is 11.5. The molecule has 0 aliphatic heterocycles. The second-order valence-corrected chi connectivity index (χ2v) is 4.54. The first-order valence-electron chi connectivity index (χ1n) is 6.50. The van der Waals surface area contributed by atoms with Crippen molar-refractivity contribution in [1.82, 2.24) is 0 Å². The van der Waals surface area contributed by atoms with Gasteiger partial charge in [0, 0.05) is 0 Å². The van der Waals surface area contributed by atoms with E-state index in [1.165, 1.54) is 0 Å². The summed E-state index contributed by atoms with van der Waals surface area (Å²) in [7, 11) is 0. The van der Waals surface area contributed by atoms with E-state index in [1.54, 1.807) is 6.92 Å². The topological polar surface area (TPSA) is 26.3 Å². The molecule has 0 heterocycles. The van der Waals surface area contributed by atoms with E-state index in [4.69, 9.17) is 4.74 Å². The minimum atomic E-state index is 0.0559. The van der Waals surface area contributed by atoms with Crippen LogP contribution in [0.25, 0.3) is 0 Å². The maximum atomic E-state index is 11.5. The largest absolute Gasteiger partial charge is 0.493 e. The van der Waals surface area contributed by atoms with Crippen molar-refractivity contribution in [2.45, 2.75) is 39.5 Å². The van der Waals surface area contributed by atoms with E-state index < -0.39 is 0 Å². The number of rotatable bonds is 8. The van der Waals surface area contributed by atoms with Crippen LogP contribution in [0.15, 0.2) is 30.9 Å². The van der Waals surface area contributed by atoms with Crippen molar-refractivity contribution >= 4 is 5.78 Å². The first-order valence-corrected chi connectivity index (χ1v) is 6.50. The van der Waals surface area contributed by atoms with Crippen LogP contribution < -0.4 is 4.74 Å². The first kappa shape index (κ1) is 14.5. The number of carbonyl (C=O) groups is 1. The standard InChI is InChI=1S/C16H22O2/c1-4-5-6-7-8-11-18-16-10-9-13(2)12-15(16)14(3)17/h4,9-10,12H,1,5-8,11H2,2-3H3. The number of ether oxygens (including phenoxy) is 1. The minimum Gasteiger partial charge on any atom is -0.493 e. The molecule has 0 aliphatic carbocycles. The van der Waals surface area contributed by atoms with Crippen LogP contribution in [0.5, 0.6) is 5.75 Å². The average molecular weight is 246 g/mol. The van der Waals surface area contributed by atoms with Gasteiger partial charge in [-0.3, -0.25) is 4.79 Å². The number of hydrogen-bond acceptors (Lipinski definition) is 2. The van der Waals surface area contributed by atoms with Gasteiger partial charge in [-0.25, -0.2) is 0 Å². The molecular formula is C16H22O2. The third-order valence-corrected chi connectivity index (χ3v) is 2.82. The summed E-state index contributed by atoms with van der Waals surface area (Å²) in [5, 5.41) is 0. The highest BCUT2D eigenvalue weighted by atomic mass is 16.5. The summed E-state index contributed by atoms with van der Waals surface area (Å²) >= 11 is 0. The molecule has 2 heteroatoms. The van der Waals surface area contributed by atoms with Crippen molar-refractivity contribution in [3.05, 3.63) is 42.0 Å². The third-order valence-electron chi connectivity index (χ3n) is 2.82. The molecule has 0 bridgehead atoms. The monoisotopic (exact) mass is 246 g/mol. The van der Waals surface area contributed by atoms with Crippen LogP contribution in [-0.2, 0) is 0 Å². The van der Waals surface area contributed by atoms with E-state index in [1.807, 2.05) is 31.2 Å². The molecule has 1 rings (SSSR count). The number of Topliss-reactive ketones (excluding diaryl/α,β-unsaturated/α-hetero) is 1. The van der Waals surface area contributed by atoms with Gasteiger partial charge >= 0.3 is 0 Å². The van der Waals surface area contributed by atoms with Crippen molar-refractivity contribution < 1.29 is 9.53 Å². The van der Waals surface area contributed by atoms with Crippen molar-refractivity contribution in [2.24, 2.45) is 0 Å². The van der Waals surface area contributed by atoms with Gasteiger partial charge in [-0.05, 0) is 51.7 Å². The number of carbonyl (C=O) groups excluding carboxylic acids is 1. The second kappa shape index (κ2) is 7.70. The molecule has 0 radical (unpaired) electrons. The fourth-order valence-corrected chi connectivity index (χ4v) is 1.79. The average Bonchev–Trinajstić information content (AvgIpc) is 2.35. The zero-order chi connectivity index (χ0) is 13.4. The highest BCUT2D eigenvalue weighted by molar-refractivity contribution is 5.97. The highest BCUT2D eigenvalue weighted by Crippen LogP contribution is 2.21. The first-order chi connectivity index (χ1) is 8.65. The molecule has 2 nitrogen and oxygen atoms in total. The Bertz CT molecular complexity index is 408. The molecule has 0 atom stereocenters. The SMILES string of the molecule is C=CCCCCCOc1ccc(C)cc1C(C)=O. The summed E-state index contributed by atoms with van der Waals surface area (Å²) in [6.07, 6.45) is 6.30. The maximum absolute atomic E-state index is 11.5. The van der Waals surface area contributed by atoms with E-state index in [0.717, 1.165) is 31.2 Å². The lowest BCUT2D eigenvalue weighted by Gasteiger charge is -2.10. The van der Waals surface area contributed by atoms with Crippen LogP contribution >= 0.6 is 0 Å². The maximum Gasteiger partial charge on any atom is 0.163 e. The zero-order valence-electron chi connectivity index (χ0n) is 11.4. The molecule has 0 saturated carbocycles. The van der Waals surface area contributed by atoms with Crippen LogP contribution in [0, 0.1) is 6.92 Å². The Labute approximate surface area is 110 Å². The van der Waals surface area contributed by atoms with Gasteiger partial charge < -0.3 is 4.74 Å². The fraction of sp³-hybridized carbons (Fsp3) is 0.438. The normalized spacial score (nSPS) is 10.1. The summed E-state index contributed by atoms with van der Waals surface area (Å²) in [5.74, 6) is 0.761. The summed E-state index contributed by atoms with van der Waals surface area (Å²) < 4.78 is 5.69. The number of unbranched alkanes of at least 4 members (excludes halogenated alkanes) is 3. The molecule has 0 fully saturated rings. The van der Waals surface area contributed by atoms with Crippen LogP contribution in [0.3, 0.4) is 0 Å². The number of benzene rings is 1. The van der Waals surface area contributed by atoms with Gasteiger partial charge in [0.1, 0.15) is 5.75 Å². The molecule has 0 aromatic heterocycles. The highest BCUT2D eigenvalue weighted by Gasteiger charge is 2.08. The molecule has 0 aliphatic rings. The molecule has 0 unspecified atom stereocenters. The molecule has 0 spiro atoms. The number of hydrogen-bond donors (Lipinski definition) is 0. The van der Waals surface area contributed by atoms with E-state index in [9.17, 15) is 4.79 Å². The Hall–Kier alpha value is -1.57. The molecule has 98 valence electrons. The van der Waals surface area contributed by atoms with Crippen LogP contribution in [0.4, 0.5) is 0 Å². The van der Waals surface area contributed by atoms with Crippen LogP contribution in [-0.4, -0.2) is 12.4 Å². The van der Waals surface area contributed by atoms with Gasteiger partial charge in [0.05, 0.1) is 12.2 Å². The molecule has 1 aromatic carbocycles. The molecular weight excluding hydrogens is 224 g/mol. The Morgan fingerprint density at radius 1 is 1.33 bits per heavy atom. The molecule has 0 saturated heterocycles. The van der Waals surface area contributed by atoms with E-state index >= 15 is 0 Å². The molecule has 0 N–H and O–H groups in total. The van der Waals surface area contributed by atoms with Gasteiger partial charge in [-0.2, -0.15) is 0 Å². The zero-order valence-corrected chi connectivity index (χ0v) is 11.4. The van der Waals surface area contributed by atoms with Crippen molar-refractivity contribution in [3.8, 4) is 5.75 Å². The Balaban J connectivity index is 2.46. The van der Waals surface area contributed by atoms with E-state index in [2.05, 4.69) is 6.58 Å². The third kappa shape index (κ3) is 4.74. The van der Waals surface area contributed by atoms with Gasteiger partial charge in [0.15, 0.2) is 5.78 Å². The van der Waals surface area contributed by atoms with Gasteiger partial charge in [0.25, 0.3) is 0 Å². The Kier molecular flexibility index (Phi) is 6.20. The number of allylic oxidation sites excluding steroid dienone is 1. The smallest absolute Gasteiger partial charge is 0.163 e. The summed E-state index contributed by atoms with van der Waals surface area (Å²) in [6, 6.07) is 5.74. The predicted molar refractivity (Wildman–Crippen MR) is 75.3 cm³/mol. The lowest BCUT2D eigenvalue weighted by atomic mass is 10.1. The fourth-order valence-electron chi connectivity index (χ4n) is 1.79. The van der Waals surface area contributed by atoms with Crippen LogP contribution in [0.2, 0.25) is 0 Å². The van der Waals surface area contributed by atoms with Crippen LogP contribution in [0.1, 0.15) is 48.5 Å². The predicted octanol–water partition coefficient (Wildman–Crippen LogP) is 4.32. The molecule has 0 amide bonds. The quantitative estimate of drug-likeness (QED) is 0.388. The lowest BCUT2D eigenvalue weighted by molar-refractivity contribution is 0.101. The van der Waals surface area contributed by atoms with Crippen molar-refractivity contribution in [2.75, 3.05) is 6.61 Å². The van der Waals surface area contributed by atoms with E-state index in [0.29, 0.717) is 17.9 Å².